The molecular weight excluding hydrogens is 214 g/mol. The Hall–Kier alpha value is -0.610. The fourth-order valence-corrected chi connectivity index (χ4v) is 2.94. The molecule has 2 saturated heterocycles. The van der Waals surface area contributed by atoms with Gasteiger partial charge in [0.2, 0.25) is 5.91 Å². The van der Waals surface area contributed by atoms with Crippen molar-refractivity contribution in [1.29, 1.82) is 0 Å². The highest BCUT2D eigenvalue weighted by Crippen LogP contribution is 2.21. The third-order valence-electron chi connectivity index (χ3n) is 4.43. The van der Waals surface area contributed by atoms with E-state index < -0.39 is 0 Å². The van der Waals surface area contributed by atoms with Crippen LogP contribution in [0.25, 0.3) is 0 Å². The van der Waals surface area contributed by atoms with Crippen LogP contribution in [-0.4, -0.2) is 61.0 Å². The monoisotopic (exact) mass is 239 g/mol. The first kappa shape index (κ1) is 12.8. The second-order valence-corrected chi connectivity index (χ2v) is 5.61. The van der Waals surface area contributed by atoms with Crippen LogP contribution in [0.3, 0.4) is 0 Å². The van der Waals surface area contributed by atoms with Gasteiger partial charge in [-0.05, 0) is 46.2 Å². The summed E-state index contributed by atoms with van der Waals surface area (Å²) in [7, 11) is 4.15. The molecule has 0 unspecified atom stereocenters. The van der Waals surface area contributed by atoms with E-state index in [9.17, 15) is 4.79 Å². The molecule has 0 saturated carbocycles. The highest BCUT2D eigenvalue weighted by atomic mass is 16.2. The maximum absolute atomic E-state index is 12.3. The van der Waals surface area contributed by atoms with Gasteiger partial charge in [-0.15, -0.1) is 0 Å². The summed E-state index contributed by atoms with van der Waals surface area (Å²) in [6, 6.07) is 1.09. The minimum absolute atomic E-state index is 0.0787. The summed E-state index contributed by atoms with van der Waals surface area (Å²) >= 11 is 0. The van der Waals surface area contributed by atoms with Crippen molar-refractivity contribution in [2.75, 3.05) is 27.2 Å². The van der Waals surface area contributed by atoms with Gasteiger partial charge in [0.25, 0.3) is 0 Å². The van der Waals surface area contributed by atoms with E-state index in [1.54, 1.807) is 0 Å². The summed E-state index contributed by atoms with van der Waals surface area (Å²) in [6.07, 6.45) is 4.35. The minimum atomic E-state index is 0.0787. The van der Waals surface area contributed by atoms with Crippen LogP contribution in [0.15, 0.2) is 0 Å². The molecule has 98 valence electrons. The van der Waals surface area contributed by atoms with Gasteiger partial charge in [0.15, 0.2) is 0 Å². The van der Waals surface area contributed by atoms with Crippen molar-refractivity contribution < 1.29 is 4.79 Å². The lowest BCUT2D eigenvalue weighted by molar-refractivity contribution is -0.135. The number of likely N-dealkylation sites (tertiary alicyclic amines) is 1. The third kappa shape index (κ3) is 2.80. The first-order valence-electron chi connectivity index (χ1n) is 6.80. The first-order chi connectivity index (χ1) is 8.09. The van der Waals surface area contributed by atoms with Crippen molar-refractivity contribution in [2.24, 2.45) is 0 Å². The van der Waals surface area contributed by atoms with Crippen LogP contribution >= 0.6 is 0 Å². The van der Waals surface area contributed by atoms with Gasteiger partial charge in [-0.2, -0.15) is 0 Å². The molecule has 0 aromatic heterocycles. The maximum atomic E-state index is 12.3. The van der Waals surface area contributed by atoms with Crippen LogP contribution in [0.5, 0.6) is 0 Å². The Morgan fingerprint density at radius 2 is 2.18 bits per heavy atom. The number of rotatable bonds is 2. The van der Waals surface area contributed by atoms with Gasteiger partial charge < -0.3 is 15.1 Å². The van der Waals surface area contributed by atoms with Crippen molar-refractivity contribution in [3.05, 3.63) is 0 Å². The van der Waals surface area contributed by atoms with E-state index in [0.717, 1.165) is 38.8 Å². The summed E-state index contributed by atoms with van der Waals surface area (Å²) in [4.78, 5) is 16.7. The normalized spacial score (nSPS) is 34.9. The number of amides is 1. The topological polar surface area (TPSA) is 35.6 Å². The highest BCUT2D eigenvalue weighted by molar-refractivity contribution is 5.82. The largest absolute Gasteiger partial charge is 0.341 e. The highest BCUT2D eigenvalue weighted by Gasteiger charge is 2.32. The Labute approximate surface area is 104 Å². The molecule has 17 heavy (non-hydrogen) atoms. The molecule has 2 heterocycles. The number of nitrogens with zero attached hydrogens (tertiary/aromatic N) is 2. The van der Waals surface area contributed by atoms with Crippen molar-refractivity contribution in [1.82, 2.24) is 15.1 Å². The van der Waals surface area contributed by atoms with Gasteiger partial charge >= 0.3 is 0 Å². The molecule has 0 spiro atoms. The second-order valence-electron chi connectivity index (χ2n) is 5.61. The van der Waals surface area contributed by atoms with E-state index in [2.05, 4.69) is 24.2 Å². The lowest BCUT2D eigenvalue weighted by Crippen LogP contribution is -2.51. The van der Waals surface area contributed by atoms with Crippen LogP contribution in [0.4, 0.5) is 0 Å². The maximum Gasteiger partial charge on any atom is 0.239 e. The number of piperidine rings is 1. The van der Waals surface area contributed by atoms with Crippen LogP contribution in [0.1, 0.15) is 32.6 Å². The van der Waals surface area contributed by atoms with Crippen molar-refractivity contribution in [3.8, 4) is 0 Å². The summed E-state index contributed by atoms with van der Waals surface area (Å²) in [5, 5.41) is 3.29. The van der Waals surface area contributed by atoms with E-state index >= 15 is 0 Å². The zero-order valence-corrected chi connectivity index (χ0v) is 11.3. The number of carbonyl (C=O) groups excluding carboxylic acids is 1. The average Bonchev–Trinajstić information content (AvgIpc) is 2.84. The molecule has 0 aromatic carbocycles. The predicted molar refractivity (Wildman–Crippen MR) is 68.9 cm³/mol. The number of hydrogen-bond donors (Lipinski definition) is 1. The molecule has 2 rings (SSSR count). The van der Waals surface area contributed by atoms with Crippen LogP contribution in [-0.2, 0) is 4.79 Å². The molecule has 0 radical (unpaired) electrons. The smallest absolute Gasteiger partial charge is 0.239 e. The Bertz CT molecular complexity index is 276. The lowest BCUT2D eigenvalue weighted by atomic mass is 9.97. The van der Waals surface area contributed by atoms with Gasteiger partial charge in [-0.25, -0.2) is 0 Å². The van der Waals surface area contributed by atoms with Gasteiger partial charge in [0, 0.05) is 25.7 Å². The van der Waals surface area contributed by atoms with Gasteiger partial charge in [0.05, 0.1) is 6.04 Å². The molecule has 0 aliphatic carbocycles. The number of nitrogens with one attached hydrogen (secondary N) is 1. The van der Waals surface area contributed by atoms with Crippen molar-refractivity contribution in [3.63, 3.8) is 0 Å². The number of hydrogen-bond acceptors (Lipinski definition) is 3. The van der Waals surface area contributed by atoms with Gasteiger partial charge in [0.1, 0.15) is 0 Å². The number of likely N-dealkylation sites (N-methyl/N-ethyl adjacent to an activating group) is 1. The third-order valence-corrected chi connectivity index (χ3v) is 4.43. The Balaban J connectivity index is 1.90. The van der Waals surface area contributed by atoms with E-state index in [4.69, 9.17) is 0 Å². The standard InChI is InChI=1S/C13H25N3O/c1-10-9-11(6-8-15(10)2)16(3)13(17)12-5-4-7-14-12/h10-12,14H,4-9H2,1-3H3/t10-,11+,12+/m1/s1. The SMILES string of the molecule is C[C@@H]1C[C@@H](N(C)C(=O)[C@@H]2CCCN2)CCN1C. The van der Waals surface area contributed by atoms with E-state index in [0.29, 0.717) is 18.0 Å². The molecule has 4 nitrogen and oxygen atoms in total. The summed E-state index contributed by atoms with van der Waals surface area (Å²) < 4.78 is 0. The molecule has 2 aliphatic heterocycles. The Morgan fingerprint density at radius 1 is 1.41 bits per heavy atom. The Morgan fingerprint density at radius 3 is 2.76 bits per heavy atom. The molecule has 1 N–H and O–H groups in total. The average molecular weight is 239 g/mol. The molecule has 2 aliphatic rings. The Kier molecular flexibility index (Phi) is 4.05. The molecule has 0 aromatic rings. The number of carbonyl (C=O) groups is 1. The second kappa shape index (κ2) is 5.36. The molecule has 4 heteroatoms. The van der Waals surface area contributed by atoms with Gasteiger partial charge in [-0.1, -0.05) is 0 Å². The van der Waals surface area contributed by atoms with Crippen molar-refractivity contribution >= 4 is 5.91 Å². The molecule has 1 amide bonds. The zero-order valence-electron chi connectivity index (χ0n) is 11.3. The zero-order chi connectivity index (χ0) is 12.4. The van der Waals surface area contributed by atoms with Crippen LogP contribution in [0.2, 0.25) is 0 Å². The predicted octanol–water partition coefficient (Wildman–Crippen LogP) is 0.680. The van der Waals surface area contributed by atoms with Crippen LogP contribution < -0.4 is 5.32 Å². The summed E-state index contributed by atoms with van der Waals surface area (Å²) in [5.41, 5.74) is 0. The minimum Gasteiger partial charge on any atom is -0.341 e. The van der Waals surface area contributed by atoms with E-state index in [-0.39, 0.29) is 6.04 Å². The lowest BCUT2D eigenvalue weighted by Gasteiger charge is -2.40. The van der Waals surface area contributed by atoms with Crippen molar-refractivity contribution in [2.45, 2.75) is 50.7 Å². The van der Waals surface area contributed by atoms with Crippen LogP contribution in [0, 0.1) is 0 Å². The fourth-order valence-electron chi connectivity index (χ4n) is 2.94. The van der Waals surface area contributed by atoms with E-state index in [1.165, 1.54) is 0 Å². The summed E-state index contributed by atoms with van der Waals surface area (Å²) in [5.74, 6) is 0.296. The van der Waals surface area contributed by atoms with E-state index in [1.807, 2.05) is 11.9 Å². The molecule has 2 fully saturated rings. The van der Waals surface area contributed by atoms with Gasteiger partial charge in [-0.3, -0.25) is 4.79 Å². The molecule has 0 bridgehead atoms. The first-order valence-corrected chi connectivity index (χ1v) is 6.80. The molecule has 3 atom stereocenters. The fraction of sp³-hybridized carbons (Fsp3) is 0.923. The summed E-state index contributed by atoms with van der Waals surface area (Å²) in [6.45, 7) is 4.34. The molecular formula is C13H25N3O. The quantitative estimate of drug-likeness (QED) is 0.770.